The number of nitrogens with one attached hydrogen (secondary N) is 1. The zero-order valence-electron chi connectivity index (χ0n) is 11.6. The summed E-state index contributed by atoms with van der Waals surface area (Å²) in [4.78, 5) is 0.291. The van der Waals surface area contributed by atoms with Crippen LogP contribution in [-0.4, -0.2) is 38.7 Å². The number of benzene rings is 1. The number of nitrogens with zero attached hydrogens (tertiary/aromatic N) is 1. The van der Waals surface area contributed by atoms with Gasteiger partial charge in [-0.1, -0.05) is 13.3 Å². The lowest BCUT2D eigenvalue weighted by atomic mass is 10.2. The van der Waals surface area contributed by atoms with E-state index in [1.54, 1.807) is 24.3 Å². The van der Waals surface area contributed by atoms with E-state index in [-0.39, 0.29) is 5.38 Å². The van der Waals surface area contributed by atoms with Crippen LogP contribution < -0.4 is 5.32 Å². The summed E-state index contributed by atoms with van der Waals surface area (Å²) < 4.78 is 25.0. The maximum Gasteiger partial charge on any atom is 0.242 e. The quantitative estimate of drug-likeness (QED) is 0.788. The molecule has 4 nitrogen and oxygen atoms in total. The zero-order chi connectivity index (χ0) is 14.5. The van der Waals surface area contributed by atoms with E-state index < -0.39 is 10.0 Å². The number of hydrogen-bond acceptors (Lipinski definition) is 3. The Hall–Kier alpha value is -0.780. The first kappa shape index (κ1) is 16.3. The molecular weight excluding hydrogens is 284 g/mol. The second kappa shape index (κ2) is 7.12. The van der Waals surface area contributed by atoms with Crippen molar-refractivity contribution in [3.05, 3.63) is 24.3 Å². The van der Waals surface area contributed by atoms with Gasteiger partial charge in [-0.25, -0.2) is 12.7 Å². The highest BCUT2D eigenvalue weighted by Crippen LogP contribution is 2.17. The second-order valence-electron chi connectivity index (χ2n) is 4.58. The van der Waals surface area contributed by atoms with Gasteiger partial charge in [0.15, 0.2) is 0 Å². The van der Waals surface area contributed by atoms with E-state index in [2.05, 4.69) is 12.2 Å². The number of hydrogen-bond donors (Lipinski definition) is 1. The average molecular weight is 305 g/mol. The number of sulfonamides is 1. The minimum absolute atomic E-state index is 0.0928. The molecule has 0 radical (unpaired) electrons. The largest absolute Gasteiger partial charge is 0.384 e. The van der Waals surface area contributed by atoms with Crippen molar-refractivity contribution in [2.45, 2.75) is 30.0 Å². The molecule has 0 bridgehead atoms. The molecule has 1 unspecified atom stereocenters. The summed E-state index contributed by atoms with van der Waals surface area (Å²) >= 11 is 6.11. The Morgan fingerprint density at radius 1 is 1.26 bits per heavy atom. The molecule has 0 aromatic heterocycles. The first-order valence-electron chi connectivity index (χ1n) is 6.28. The fourth-order valence-corrected chi connectivity index (χ4v) is 2.80. The second-order valence-corrected chi connectivity index (χ2v) is 7.35. The Kier molecular flexibility index (Phi) is 6.10. The summed E-state index contributed by atoms with van der Waals surface area (Å²) in [5.74, 6) is 0. The van der Waals surface area contributed by atoms with Gasteiger partial charge in [0.05, 0.1) is 10.3 Å². The molecule has 19 heavy (non-hydrogen) atoms. The molecule has 1 atom stereocenters. The van der Waals surface area contributed by atoms with E-state index in [1.165, 1.54) is 18.4 Å². The molecule has 0 amide bonds. The lowest BCUT2D eigenvalue weighted by Gasteiger charge is -2.13. The molecule has 1 aromatic carbocycles. The van der Waals surface area contributed by atoms with Gasteiger partial charge in [0.2, 0.25) is 10.0 Å². The minimum atomic E-state index is -3.35. The van der Waals surface area contributed by atoms with Crippen molar-refractivity contribution in [2.24, 2.45) is 0 Å². The Labute approximate surface area is 120 Å². The van der Waals surface area contributed by atoms with Gasteiger partial charge < -0.3 is 5.32 Å². The Morgan fingerprint density at radius 3 is 2.32 bits per heavy atom. The van der Waals surface area contributed by atoms with E-state index in [9.17, 15) is 8.42 Å². The van der Waals surface area contributed by atoms with E-state index in [1.807, 2.05) is 0 Å². The Morgan fingerprint density at radius 2 is 1.84 bits per heavy atom. The standard InChI is InChI=1S/C13H21ClN2O2S/c1-4-5-11(14)10-15-12-6-8-13(9-7-12)19(17,18)16(2)3/h6-9,11,15H,4-5,10H2,1-3H3. The topological polar surface area (TPSA) is 49.4 Å². The molecule has 6 heteroatoms. The van der Waals surface area contributed by atoms with E-state index in [0.29, 0.717) is 11.4 Å². The summed E-state index contributed by atoms with van der Waals surface area (Å²) in [5, 5.41) is 3.29. The molecule has 0 aliphatic rings. The van der Waals surface area contributed by atoms with Gasteiger partial charge >= 0.3 is 0 Å². The normalized spacial score (nSPS) is 13.5. The van der Waals surface area contributed by atoms with Gasteiger partial charge in [-0.2, -0.15) is 0 Å². The maximum atomic E-state index is 11.9. The van der Waals surface area contributed by atoms with E-state index in [4.69, 9.17) is 11.6 Å². The zero-order valence-corrected chi connectivity index (χ0v) is 13.1. The van der Waals surface area contributed by atoms with Crippen LogP contribution >= 0.6 is 11.6 Å². The summed E-state index contributed by atoms with van der Waals surface area (Å²) in [6, 6.07) is 6.71. The molecule has 0 saturated carbocycles. The minimum Gasteiger partial charge on any atom is -0.384 e. The van der Waals surface area contributed by atoms with Crippen LogP contribution in [0, 0.1) is 0 Å². The monoisotopic (exact) mass is 304 g/mol. The predicted octanol–water partition coefficient (Wildman–Crippen LogP) is 2.76. The molecule has 1 rings (SSSR count). The maximum absolute atomic E-state index is 11.9. The van der Waals surface area contributed by atoms with Crippen molar-refractivity contribution in [2.75, 3.05) is 26.0 Å². The lowest BCUT2D eigenvalue weighted by Crippen LogP contribution is -2.22. The fraction of sp³-hybridized carbons (Fsp3) is 0.538. The molecular formula is C13H21ClN2O2S. The molecule has 0 heterocycles. The van der Waals surface area contributed by atoms with E-state index >= 15 is 0 Å². The van der Waals surface area contributed by atoms with Crippen LogP contribution in [0.3, 0.4) is 0 Å². The first-order valence-corrected chi connectivity index (χ1v) is 8.16. The van der Waals surface area contributed by atoms with Gasteiger partial charge in [-0.05, 0) is 30.7 Å². The van der Waals surface area contributed by atoms with E-state index in [0.717, 1.165) is 18.5 Å². The highest BCUT2D eigenvalue weighted by molar-refractivity contribution is 7.89. The van der Waals surface area contributed by atoms with Crippen molar-refractivity contribution < 1.29 is 8.42 Å². The van der Waals surface area contributed by atoms with Crippen molar-refractivity contribution >= 4 is 27.3 Å². The molecule has 1 aromatic rings. The molecule has 0 aliphatic carbocycles. The Balaban J connectivity index is 2.67. The summed E-state index contributed by atoms with van der Waals surface area (Å²) in [5.41, 5.74) is 0.874. The molecule has 1 N–H and O–H groups in total. The molecule has 108 valence electrons. The van der Waals surface area contributed by atoms with Crippen LogP contribution in [-0.2, 0) is 10.0 Å². The van der Waals surface area contributed by atoms with Crippen LogP contribution in [0.1, 0.15) is 19.8 Å². The summed E-state index contributed by atoms with van der Waals surface area (Å²) in [7, 11) is -0.318. The summed E-state index contributed by atoms with van der Waals surface area (Å²) in [6.45, 7) is 2.77. The first-order chi connectivity index (χ1) is 8.87. The third kappa shape index (κ3) is 4.67. The van der Waals surface area contributed by atoms with Gasteiger partial charge in [-0.15, -0.1) is 11.6 Å². The fourth-order valence-electron chi connectivity index (χ4n) is 1.60. The highest BCUT2D eigenvalue weighted by Gasteiger charge is 2.16. The predicted molar refractivity (Wildman–Crippen MR) is 80.4 cm³/mol. The van der Waals surface area contributed by atoms with Crippen molar-refractivity contribution in [3.8, 4) is 0 Å². The highest BCUT2D eigenvalue weighted by atomic mass is 35.5. The van der Waals surface area contributed by atoms with Crippen LogP contribution in [0.2, 0.25) is 0 Å². The van der Waals surface area contributed by atoms with Gasteiger partial charge in [-0.3, -0.25) is 0 Å². The van der Waals surface area contributed by atoms with Crippen LogP contribution in [0.5, 0.6) is 0 Å². The Bertz CT molecular complexity index is 486. The lowest BCUT2D eigenvalue weighted by molar-refractivity contribution is 0.521. The molecule has 0 spiro atoms. The van der Waals surface area contributed by atoms with Crippen LogP contribution in [0.25, 0.3) is 0 Å². The average Bonchev–Trinajstić information content (AvgIpc) is 2.37. The van der Waals surface area contributed by atoms with Crippen molar-refractivity contribution in [3.63, 3.8) is 0 Å². The molecule has 0 aliphatic heterocycles. The number of anilines is 1. The summed E-state index contributed by atoms with van der Waals surface area (Å²) in [6.07, 6.45) is 2.01. The van der Waals surface area contributed by atoms with Crippen molar-refractivity contribution in [1.82, 2.24) is 4.31 Å². The third-order valence-corrected chi connectivity index (χ3v) is 4.96. The SMILES string of the molecule is CCCC(Cl)CNc1ccc(S(=O)(=O)N(C)C)cc1. The number of halogens is 1. The molecule has 0 fully saturated rings. The molecule has 0 saturated heterocycles. The number of alkyl halides is 1. The van der Waals surface area contributed by atoms with Crippen LogP contribution in [0.4, 0.5) is 5.69 Å². The third-order valence-electron chi connectivity index (χ3n) is 2.76. The van der Waals surface area contributed by atoms with Gasteiger partial charge in [0.25, 0.3) is 0 Å². The smallest absolute Gasteiger partial charge is 0.242 e. The van der Waals surface area contributed by atoms with Crippen molar-refractivity contribution in [1.29, 1.82) is 0 Å². The van der Waals surface area contributed by atoms with Gasteiger partial charge in [0, 0.05) is 26.3 Å². The number of rotatable bonds is 7. The van der Waals surface area contributed by atoms with Gasteiger partial charge in [0.1, 0.15) is 0 Å². The van der Waals surface area contributed by atoms with Crippen LogP contribution in [0.15, 0.2) is 29.2 Å².